The molecule has 0 rings (SSSR count). The van der Waals surface area contributed by atoms with Gasteiger partial charge in [-0.25, -0.2) is 0 Å². The lowest BCUT2D eigenvalue weighted by atomic mass is 9.93. The molecule has 2 unspecified atom stereocenters. The molecular weight excluding hydrogens is 182 g/mol. The van der Waals surface area contributed by atoms with E-state index in [1.807, 2.05) is 0 Å². The van der Waals surface area contributed by atoms with E-state index in [0.29, 0.717) is 6.04 Å². The Balaban J connectivity index is 4.33. The van der Waals surface area contributed by atoms with Gasteiger partial charge in [0.2, 0.25) is 0 Å². The van der Waals surface area contributed by atoms with Crippen molar-refractivity contribution in [2.75, 3.05) is 7.05 Å². The Morgan fingerprint density at radius 1 is 0.933 bits per heavy atom. The highest BCUT2D eigenvalue weighted by Crippen LogP contribution is 2.21. The maximum atomic E-state index is 2.59. The van der Waals surface area contributed by atoms with Crippen molar-refractivity contribution >= 4 is 0 Å². The second-order valence-corrected chi connectivity index (χ2v) is 5.60. The fourth-order valence-corrected chi connectivity index (χ4v) is 2.19. The Hall–Kier alpha value is -0.0400. The Bertz CT molecular complexity index is 151. The van der Waals surface area contributed by atoms with Crippen molar-refractivity contribution < 1.29 is 0 Å². The molecule has 0 aliphatic heterocycles. The number of hydrogen-bond acceptors (Lipinski definition) is 1. The summed E-state index contributed by atoms with van der Waals surface area (Å²) >= 11 is 0. The Morgan fingerprint density at radius 3 is 1.80 bits per heavy atom. The number of rotatable bonds is 7. The SMILES string of the molecule is CCCCC(C(C)C)N(C)C(C)C(C)C. The van der Waals surface area contributed by atoms with E-state index in [4.69, 9.17) is 0 Å². The molecule has 0 aliphatic carbocycles. The molecule has 0 radical (unpaired) electrons. The summed E-state index contributed by atoms with van der Waals surface area (Å²) in [6, 6.07) is 1.44. The van der Waals surface area contributed by atoms with E-state index in [0.717, 1.165) is 17.9 Å². The van der Waals surface area contributed by atoms with Crippen molar-refractivity contribution in [2.45, 2.75) is 72.9 Å². The van der Waals surface area contributed by atoms with Gasteiger partial charge in [-0.15, -0.1) is 0 Å². The molecule has 92 valence electrons. The van der Waals surface area contributed by atoms with Crippen LogP contribution in [0.2, 0.25) is 0 Å². The van der Waals surface area contributed by atoms with E-state index in [1.165, 1.54) is 19.3 Å². The van der Waals surface area contributed by atoms with Crippen molar-refractivity contribution in [3.63, 3.8) is 0 Å². The third-order valence-corrected chi connectivity index (χ3v) is 3.75. The lowest BCUT2D eigenvalue weighted by molar-refractivity contribution is 0.107. The largest absolute Gasteiger partial charge is 0.300 e. The Kier molecular flexibility index (Phi) is 7.25. The molecule has 0 saturated carbocycles. The van der Waals surface area contributed by atoms with Gasteiger partial charge in [0.1, 0.15) is 0 Å². The summed E-state index contributed by atoms with van der Waals surface area (Å²) in [6.07, 6.45) is 4.02. The Morgan fingerprint density at radius 2 is 1.47 bits per heavy atom. The van der Waals surface area contributed by atoms with Crippen LogP contribution in [-0.4, -0.2) is 24.0 Å². The zero-order valence-corrected chi connectivity index (χ0v) is 11.9. The molecule has 0 spiro atoms. The van der Waals surface area contributed by atoms with E-state index >= 15 is 0 Å². The topological polar surface area (TPSA) is 3.24 Å². The first kappa shape index (κ1) is 15.0. The first-order chi connectivity index (χ1) is 6.91. The smallest absolute Gasteiger partial charge is 0.0118 e. The fourth-order valence-electron chi connectivity index (χ4n) is 2.19. The number of nitrogens with zero attached hydrogens (tertiary/aromatic N) is 1. The van der Waals surface area contributed by atoms with Gasteiger partial charge in [0.25, 0.3) is 0 Å². The summed E-state index contributed by atoms with van der Waals surface area (Å²) in [4.78, 5) is 2.59. The van der Waals surface area contributed by atoms with Gasteiger partial charge >= 0.3 is 0 Å². The molecule has 0 bridgehead atoms. The average molecular weight is 213 g/mol. The molecule has 0 aromatic heterocycles. The molecule has 0 aromatic rings. The summed E-state index contributed by atoms with van der Waals surface area (Å²) in [5.74, 6) is 1.51. The predicted octanol–water partition coefficient (Wildman–Crippen LogP) is 4.18. The van der Waals surface area contributed by atoms with Crippen LogP contribution in [0.15, 0.2) is 0 Å². The van der Waals surface area contributed by atoms with Crippen molar-refractivity contribution in [3.8, 4) is 0 Å². The highest BCUT2D eigenvalue weighted by Gasteiger charge is 2.23. The van der Waals surface area contributed by atoms with Gasteiger partial charge in [-0.1, -0.05) is 47.5 Å². The first-order valence-electron chi connectivity index (χ1n) is 6.63. The quantitative estimate of drug-likeness (QED) is 0.613. The van der Waals surface area contributed by atoms with Crippen molar-refractivity contribution in [1.82, 2.24) is 4.90 Å². The van der Waals surface area contributed by atoms with Gasteiger partial charge in [-0.05, 0) is 32.2 Å². The van der Waals surface area contributed by atoms with Crippen LogP contribution in [0.4, 0.5) is 0 Å². The second-order valence-electron chi connectivity index (χ2n) is 5.60. The summed E-state index contributed by atoms with van der Waals surface area (Å²) in [5.41, 5.74) is 0. The maximum Gasteiger partial charge on any atom is 0.0118 e. The van der Waals surface area contributed by atoms with Crippen LogP contribution in [0.25, 0.3) is 0 Å². The normalized spacial score (nSPS) is 16.4. The summed E-state index contributed by atoms with van der Waals surface area (Å²) in [6.45, 7) is 14.0. The second kappa shape index (κ2) is 7.27. The van der Waals surface area contributed by atoms with Crippen molar-refractivity contribution in [2.24, 2.45) is 11.8 Å². The van der Waals surface area contributed by atoms with Crippen molar-refractivity contribution in [3.05, 3.63) is 0 Å². The van der Waals surface area contributed by atoms with Crippen LogP contribution in [-0.2, 0) is 0 Å². The molecule has 0 heterocycles. The molecule has 0 amide bonds. The van der Waals surface area contributed by atoms with Gasteiger partial charge in [-0.3, -0.25) is 0 Å². The molecule has 2 atom stereocenters. The van der Waals surface area contributed by atoms with E-state index in [9.17, 15) is 0 Å². The van der Waals surface area contributed by atoms with Crippen LogP contribution in [0, 0.1) is 11.8 Å². The third-order valence-electron chi connectivity index (χ3n) is 3.75. The van der Waals surface area contributed by atoms with Crippen LogP contribution in [0.1, 0.15) is 60.8 Å². The third kappa shape index (κ3) is 5.01. The number of hydrogen-bond donors (Lipinski definition) is 0. The van der Waals surface area contributed by atoms with Gasteiger partial charge in [0.15, 0.2) is 0 Å². The van der Waals surface area contributed by atoms with Gasteiger partial charge < -0.3 is 4.90 Å². The average Bonchev–Trinajstić information content (AvgIpc) is 2.16. The molecule has 1 heteroatoms. The minimum Gasteiger partial charge on any atom is -0.300 e. The van der Waals surface area contributed by atoms with Gasteiger partial charge in [0.05, 0.1) is 0 Å². The molecule has 0 N–H and O–H groups in total. The fraction of sp³-hybridized carbons (Fsp3) is 1.00. The minimum absolute atomic E-state index is 0.689. The van der Waals surface area contributed by atoms with Crippen LogP contribution in [0.5, 0.6) is 0 Å². The minimum atomic E-state index is 0.689. The van der Waals surface area contributed by atoms with Gasteiger partial charge in [-0.2, -0.15) is 0 Å². The van der Waals surface area contributed by atoms with Crippen LogP contribution in [0.3, 0.4) is 0 Å². The highest BCUT2D eigenvalue weighted by atomic mass is 15.2. The molecule has 15 heavy (non-hydrogen) atoms. The molecule has 0 saturated heterocycles. The zero-order valence-electron chi connectivity index (χ0n) is 11.9. The molecule has 1 nitrogen and oxygen atoms in total. The first-order valence-corrected chi connectivity index (χ1v) is 6.63. The number of unbranched alkanes of at least 4 members (excludes halogenated alkanes) is 1. The monoisotopic (exact) mass is 213 g/mol. The van der Waals surface area contributed by atoms with Crippen LogP contribution >= 0.6 is 0 Å². The lowest BCUT2D eigenvalue weighted by Crippen LogP contribution is -2.44. The standard InChI is InChI=1S/C14H31N/c1-8-9-10-14(12(4)5)15(7)13(6)11(2)3/h11-14H,8-10H2,1-7H3. The molecule has 0 aliphatic rings. The molecule has 0 fully saturated rings. The maximum absolute atomic E-state index is 2.59. The molecular formula is C14H31N. The predicted molar refractivity (Wildman–Crippen MR) is 70.2 cm³/mol. The van der Waals surface area contributed by atoms with Gasteiger partial charge in [0, 0.05) is 12.1 Å². The van der Waals surface area contributed by atoms with Crippen molar-refractivity contribution in [1.29, 1.82) is 0 Å². The van der Waals surface area contributed by atoms with E-state index < -0.39 is 0 Å². The summed E-state index contributed by atoms with van der Waals surface area (Å²) in [7, 11) is 2.30. The highest BCUT2D eigenvalue weighted by molar-refractivity contribution is 4.78. The van der Waals surface area contributed by atoms with E-state index in [-0.39, 0.29) is 0 Å². The zero-order chi connectivity index (χ0) is 12.0. The Labute approximate surface area is 97.2 Å². The van der Waals surface area contributed by atoms with E-state index in [1.54, 1.807) is 0 Å². The summed E-state index contributed by atoms with van der Waals surface area (Å²) < 4.78 is 0. The summed E-state index contributed by atoms with van der Waals surface area (Å²) in [5, 5.41) is 0. The lowest BCUT2D eigenvalue weighted by Gasteiger charge is -2.37. The molecule has 0 aromatic carbocycles. The van der Waals surface area contributed by atoms with E-state index in [2.05, 4.69) is 53.5 Å². The van der Waals surface area contributed by atoms with Crippen LogP contribution < -0.4 is 0 Å².